The molecule has 25 heavy (non-hydrogen) atoms. The number of rotatable bonds is 6. The molecule has 1 saturated heterocycles. The fourth-order valence-corrected chi connectivity index (χ4v) is 2.89. The van der Waals surface area contributed by atoms with Crippen molar-refractivity contribution < 1.29 is 14.3 Å². The molecule has 1 heterocycles. The molecular formula is C19H29N3O3. The summed E-state index contributed by atoms with van der Waals surface area (Å²) in [7, 11) is 0. The van der Waals surface area contributed by atoms with E-state index in [1.165, 1.54) is 0 Å². The SMILES string of the molecule is CC(C)C(N)C(=O)NCC1CCCCN1C(=O)OCc1ccccc1. The third-order valence-electron chi connectivity index (χ3n) is 4.60. The number of nitrogens with two attached hydrogens (primary N) is 1. The number of hydrogen-bond acceptors (Lipinski definition) is 4. The fraction of sp³-hybridized carbons (Fsp3) is 0.579. The smallest absolute Gasteiger partial charge is 0.410 e. The van der Waals surface area contributed by atoms with E-state index < -0.39 is 6.04 Å². The van der Waals surface area contributed by atoms with E-state index >= 15 is 0 Å². The average Bonchev–Trinajstić information content (AvgIpc) is 2.64. The number of amides is 2. The second-order valence-electron chi connectivity index (χ2n) is 6.90. The fourth-order valence-electron chi connectivity index (χ4n) is 2.89. The number of benzene rings is 1. The number of hydrogen-bond donors (Lipinski definition) is 2. The van der Waals surface area contributed by atoms with Crippen LogP contribution in [0.4, 0.5) is 4.79 Å². The average molecular weight is 347 g/mol. The van der Waals surface area contributed by atoms with Gasteiger partial charge in [-0.2, -0.15) is 0 Å². The lowest BCUT2D eigenvalue weighted by Gasteiger charge is -2.35. The molecule has 0 bridgehead atoms. The summed E-state index contributed by atoms with van der Waals surface area (Å²) in [5.41, 5.74) is 6.82. The van der Waals surface area contributed by atoms with Gasteiger partial charge in [0.25, 0.3) is 0 Å². The third kappa shape index (κ3) is 5.74. The predicted octanol–water partition coefficient (Wildman–Crippen LogP) is 2.28. The van der Waals surface area contributed by atoms with Gasteiger partial charge < -0.3 is 20.7 Å². The van der Waals surface area contributed by atoms with Gasteiger partial charge in [0.15, 0.2) is 0 Å². The maximum Gasteiger partial charge on any atom is 0.410 e. The van der Waals surface area contributed by atoms with Crippen molar-refractivity contribution in [1.82, 2.24) is 10.2 Å². The Balaban J connectivity index is 1.86. The van der Waals surface area contributed by atoms with Gasteiger partial charge in [0.1, 0.15) is 6.61 Å². The van der Waals surface area contributed by atoms with Crippen LogP contribution in [0.5, 0.6) is 0 Å². The van der Waals surface area contributed by atoms with Gasteiger partial charge in [0, 0.05) is 13.1 Å². The van der Waals surface area contributed by atoms with Crippen LogP contribution in [0.25, 0.3) is 0 Å². The van der Waals surface area contributed by atoms with Crippen LogP contribution < -0.4 is 11.1 Å². The van der Waals surface area contributed by atoms with Gasteiger partial charge in [-0.25, -0.2) is 4.79 Å². The predicted molar refractivity (Wildman–Crippen MR) is 96.8 cm³/mol. The van der Waals surface area contributed by atoms with Crippen LogP contribution in [-0.4, -0.2) is 42.1 Å². The summed E-state index contributed by atoms with van der Waals surface area (Å²) >= 11 is 0. The van der Waals surface area contributed by atoms with E-state index in [1.54, 1.807) is 4.90 Å². The highest BCUT2D eigenvalue weighted by atomic mass is 16.6. The largest absolute Gasteiger partial charge is 0.445 e. The molecule has 1 fully saturated rings. The van der Waals surface area contributed by atoms with Gasteiger partial charge >= 0.3 is 6.09 Å². The zero-order valence-electron chi connectivity index (χ0n) is 15.1. The number of carbonyl (C=O) groups excluding carboxylic acids is 2. The lowest BCUT2D eigenvalue weighted by atomic mass is 10.0. The van der Waals surface area contributed by atoms with Crippen LogP contribution >= 0.6 is 0 Å². The molecule has 0 spiro atoms. The van der Waals surface area contributed by atoms with E-state index in [0.717, 1.165) is 24.8 Å². The van der Waals surface area contributed by atoms with Crippen LogP contribution in [0.1, 0.15) is 38.7 Å². The summed E-state index contributed by atoms with van der Waals surface area (Å²) in [6.45, 7) is 5.16. The van der Waals surface area contributed by atoms with Gasteiger partial charge in [-0.3, -0.25) is 4.79 Å². The van der Waals surface area contributed by atoms with Crippen molar-refractivity contribution >= 4 is 12.0 Å². The molecule has 2 rings (SSSR count). The minimum absolute atomic E-state index is 0.0414. The summed E-state index contributed by atoms with van der Waals surface area (Å²) in [4.78, 5) is 26.2. The molecule has 1 aromatic carbocycles. The number of nitrogens with one attached hydrogen (secondary N) is 1. The molecule has 1 aromatic rings. The summed E-state index contributed by atoms with van der Waals surface area (Å²) in [5, 5.41) is 2.88. The minimum atomic E-state index is -0.526. The lowest BCUT2D eigenvalue weighted by molar-refractivity contribution is -0.123. The first-order chi connectivity index (χ1) is 12.0. The molecule has 2 atom stereocenters. The monoisotopic (exact) mass is 347 g/mol. The quantitative estimate of drug-likeness (QED) is 0.827. The topological polar surface area (TPSA) is 84.7 Å². The Morgan fingerprint density at radius 1 is 1.28 bits per heavy atom. The highest BCUT2D eigenvalue weighted by Crippen LogP contribution is 2.18. The number of piperidine rings is 1. The molecule has 3 N–H and O–H groups in total. The number of nitrogens with zero attached hydrogens (tertiary/aromatic N) is 1. The Morgan fingerprint density at radius 2 is 2.00 bits per heavy atom. The van der Waals surface area contributed by atoms with Crippen molar-refractivity contribution in [3.8, 4) is 0 Å². The first kappa shape index (κ1) is 19.2. The van der Waals surface area contributed by atoms with Crippen molar-refractivity contribution in [3.05, 3.63) is 35.9 Å². The molecule has 2 amide bonds. The lowest BCUT2D eigenvalue weighted by Crippen LogP contribution is -2.52. The van der Waals surface area contributed by atoms with Crippen LogP contribution in [0.3, 0.4) is 0 Å². The minimum Gasteiger partial charge on any atom is -0.445 e. The van der Waals surface area contributed by atoms with E-state index in [1.807, 2.05) is 44.2 Å². The number of carbonyl (C=O) groups is 2. The summed E-state index contributed by atoms with van der Waals surface area (Å²) < 4.78 is 5.44. The van der Waals surface area contributed by atoms with Crippen molar-refractivity contribution in [3.63, 3.8) is 0 Å². The molecule has 0 radical (unpaired) electrons. The van der Waals surface area contributed by atoms with Crippen LogP contribution in [0.2, 0.25) is 0 Å². The standard InChI is InChI=1S/C19H29N3O3/c1-14(2)17(20)18(23)21-12-16-10-6-7-11-22(16)19(24)25-13-15-8-4-3-5-9-15/h3-5,8-9,14,16-17H,6-7,10-13,20H2,1-2H3,(H,21,23). The molecular weight excluding hydrogens is 318 g/mol. The summed E-state index contributed by atoms with van der Waals surface area (Å²) in [6, 6.07) is 9.04. The van der Waals surface area contributed by atoms with Crippen molar-refractivity contribution in [2.75, 3.05) is 13.1 Å². The molecule has 6 heteroatoms. The Kier molecular flexibility index (Phi) is 7.25. The van der Waals surface area contributed by atoms with Crippen molar-refractivity contribution in [2.24, 2.45) is 11.7 Å². The number of ether oxygens (including phenoxy) is 1. The Bertz CT molecular complexity index is 562. The summed E-state index contributed by atoms with van der Waals surface area (Å²) in [5.74, 6) is -0.0866. The maximum atomic E-state index is 12.4. The van der Waals surface area contributed by atoms with Crippen molar-refractivity contribution in [1.29, 1.82) is 0 Å². The van der Waals surface area contributed by atoms with Crippen LogP contribution in [0.15, 0.2) is 30.3 Å². The molecule has 0 aromatic heterocycles. The normalized spacial score (nSPS) is 18.7. The highest BCUT2D eigenvalue weighted by Gasteiger charge is 2.29. The first-order valence-electron chi connectivity index (χ1n) is 8.99. The molecule has 138 valence electrons. The van der Waals surface area contributed by atoms with Gasteiger partial charge in [0.2, 0.25) is 5.91 Å². The van der Waals surface area contributed by atoms with Gasteiger partial charge in [0.05, 0.1) is 12.1 Å². The van der Waals surface area contributed by atoms with Gasteiger partial charge in [-0.1, -0.05) is 44.2 Å². The molecule has 1 aliphatic heterocycles. The van der Waals surface area contributed by atoms with Gasteiger partial charge in [-0.15, -0.1) is 0 Å². The van der Waals surface area contributed by atoms with Crippen molar-refractivity contribution in [2.45, 2.75) is 51.8 Å². The third-order valence-corrected chi connectivity index (χ3v) is 4.60. The Morgan fingerprint density at radius 3 is 2.68 bits per heavy atom. The van der Waals surface area contributed by atoms with E-state index in [0.29, 0.717) is 13.1 Å². The number of likely N-dealkylation sites (tertiary alicyclic amines) is 1. The zero-order valence-corrected chi connectivity index (χ0v) is 15.1. The van der Waals surface area contributed by atoms with Crippen LogP contribution in [0, 0.1) is 5.92 Å². The molecule has 2 unspecified atom stereocenters. The molecule has 0 aliphatic carbocycles. The second kappa shape index (κ2) is 9.42. The van der Waals surface area contributed by atoms with Gasteiger partial charge in [-0.05, 0) is 30.7 Å². The zero-order chi connectivity index (χ0) is 18.2. The molecule has 0 saturated carbocycles. The highest BCUT2D eigenvalue weighted by molar-refractivity contribution is 5.81. The molecule has 1 aliphatic rings. The Hall–Kier alpha value is -2.08. The Labute approximate surface area is 149 Å². The van der Waals surface area contributed by atoms with Crippen LogP contribution in [-0.2, 0) is 16.1 Å². The van der Waals surface area contributed by atoms with E-state index in [2.05, 4.69) is 5.32 Å². The first-order valence-corrected chi connectivity index (χ1v) is 8.99. The summed E-state index contributed by atoms with van der Waals surface area (Å²) in [6.07, 6.45) is 2.53. The maximum absolute atomic E-state index is 12.4. The van der Waals surface area contributed by atoms with E-state index in [4.69, 9.17) is 10.5 Å². The van der Waals surface area contributed by atoms with E-state index in [9.17, 15) is 9.59 Å². The molecule has 6 nitrogen and oxygen atoms in total. The van der Waals surface area contributed by atoms with E-state index in [-0.39, 0.29) is 30.6 Å². The second-order valence-corrected chi connectivity index (χ2v) is 6.90.